The number of phosphoric acid groups is 2. The van der Waals surface area contributed by atoms with E-state index in [1.807, 2.05) is 41.5 Å². The maximum Gasteiger partial charge on any atom is 0.472 e. The number of carboxylic acids is 1. The molecule has 0 aliphatic carbocycles. The van der Waals surface area contributed by atoms with Crippen molar-refractivity contribution in [2.24, 2.45) is 23.7 Å². The van der Waals surface area contributed by atoms with Gasteiger partial charge in [-0.2, -0.15) is 0 Å². The fourth-order valence-corrected chi connectivity index (χ4v) is 4.19. The van der Waals surface area contributed by atoms with Crippen LogP contribution in [0.25, 0.3) is 0 Å². The van der Waals surface area contributed by atoms with Crippen LogP contribution in [0.15, 0.2) is 0 Å². The van der Waals surface area contributed by atoms with E-state index in [4.69, 9.17) is 28.1 Å². The number of phosphoric ester groups is 2. The molecule has 0 radical (unpaired) electrons. The highest BCUT2D eigenvalue weighted by atomic mass is 31.2. The summed E-state index contributed by atoms with van der Waals surface area (Å²) in [6.07, 6.45) is -1.08. The van der Waals surface area contributed by atoms with Crippen LogP contribution >= 0.6 is 15.6 Å². The van der Waals surface area contributed by atoms with E-state index in [0.29, 0.717) is 0 Å². The molecular formula is C30H81NO11P2. The molecule has 0 aromatic rings. The summed E-state index contributed by atoms with van der Waals surface area (Å²) in [5.41, 5.74) is 0. The fraction of sp³-hybridized carbons (Fsp3) is 0.933. The summed E-state index contributed by atoms with van der Waals surface area (Å²) in [7, 11) is -8.18. The first-order chi connectivity index (χ1) is 15.8. The van der Waals surface area contributed by atoms with Crippen LogP contribution in [-0.2, 0) is 36.8 Å². The van der Waals surface area contributed by atoms with Gasteiger partial charge in [0.15, 0.2) is 6.04 Å². The van der Waals surface area contributed by atoms with Gasteiger partial charge in [-0.25, -0.2) is 13.9 Å². The van der Waals surface area contributed by atoms with Gasteiger partial charge in [0.1, 0.15) is 0 Å². The van der Waals surface area contributed by atoms with Gasteiger partial charge < -0.3 is 20.2 Å². The number of carbonyl (C=O) groups is 2. The predicted molar refractivity (Wildman–Crippen MR) is 192 cm³/mol. The Morgan fingerprint density at radius 1 is 0.591 bits per heavy atom. The highest BCUT2D eigenvalue weighted by molar-refractivity contribution is 7.47. The van der Waals surface area contributed by atoms with Gasteiger partial charge in [-0.15, -0.1) is 0 Å². The Morgan fingerprint density at radius 2 is 0.886 bits per heavy atom. The van der Waals surface area contributed by atoms with Crippen LogP contribution < -0.4 is 5.32 Å². The summed E-state index contributed by atoms with van der Waals surface area (Å²) >= 11 is 0. The summed E-state index contributed by atoms with van der Waals surface area (Å²) < 4.78 is 41.9. The van der Waals surface area contributed by atoms with Gasteiger partial charge in [0, 0.05) is 6.42 Å². The standard InChI is InChI=1S/C13H26NO7P.C8H19O4P.9CH4/c1-8(2)6-11(15)14-12(13(16)17)10(5)21-22(18,19)20-7-9(3)4;1-7(2)5-11-13(9,10)12-6-8(3)4;;;;;;;;;/h8-10,12H,6-7H2,1-5H3,(H,14,15)(H,16,17)(H,18,19);7-8H,5-6H2,1-4H3,(H,9,10);9*1H4. The van der Waals surface area contributed by atoms with Gasteiger partial charge >= 0.3 is 21.6 Å². The number of hydrogen-bond donors (Lipinski definition) is 4. The minimum absolute atomic E-state index is 0. The summed E-state index contributed by atoms with van der Waals surface area (Å²) in [4.78, 5) is 41.5. The second-order valence-corrected chi connectivity index (χ2v) is 12.7. The SMILES string of the molecule is C.C.C.C.C.C.C.C.C.CC(C)COP(=O)(O)OC(C)C(NC(=O)CC(C)C)C(=O)O.CC(C)COP(=O)(O)OCC(C)C. The third-order valence-corrected chi connectivity index (χ3v) is 5.68. The predicted octanol–water partition coefficient (Wildman–Crippen LogP) is 9.94. The molecule has 0 rings (SSSR count). The van der Waals surface area contributed by atoms with Gasteiger partial charge in [0.25, 0.3) is 0 Å². The third-order valence-electron chi connectivity index (χ3n) is 3.66. The van der Waals surface area contributed by atoms with Crippen LogP contribution in [0.3, 0.4) is 0 Å². The van der Waals surface area contributed by atoms with E-state index in [0.717, 1.165) is 0 Å². The topological polar surface area (TPSA) is 178 Å². The average Bonchev–Trinajstić information content (AvgIpc) is 2.67. The molecule has 44 heavy (non-hydrogen) atoms. The minimum Gasteiger partial charge on any atom is -0.480 e. The second-order valence-electron chi connectivity index (χ2n) is 9.80. The van der Waals surface area contributed by atoms with E-state index >= 15 is 0 Å². The molecular weight excluding hydrogens is 612 g/mol. The number of carboxylic acid groups (broad SMARTS) is 1. The Labute approximate surface area is 275 Å². The van der Waals surface area contributed by atoms with Crippen LogP contribution in [0, 0.1) is 23.7 Å². The first-order valence-electron chi connectivity index (χ1n) is 11.6. The molecule has 1 amide bonds. The van der Waals surface area contributed by atoms with Crippen molar-refractivity contribution in [3.8, 4) is 0 Å². The lowest BCUT2D eigenvalue weighted by Gasteiger charge is -2.24. The van der Waals surface area contributed by atoms with Crippen LogP contribution in [0.5, 0.6) is 0 Å². The zero-order valence-corrected chi connectivity index (χ0v) is 24.1. The quantitative estimate of drug-likeness (QED) is 0.113. The van der Waals surface area contributed by atoms with Gasteiger partial charge in [-0.05, 0) is 30.6 Å². The summed E-state index contributed by atoms with van der Waals surface area (Å²) in [5, 5.41) is 11.4. The molecule has 0 aliphatic rings. The third kappa shape index (κ3) is 45.6. The number of aliphatic carboxylic acids is 1. The molecule has 0 heterocycles. The molecule has 282 valence electrons. The van der Waals surface area contributed by atoms with Crippen molar-refractivity contribution in [1.82, 2.24) is 5.32 Å². The number of rotatable bonds is 16. The van der Waals surface area contributed by atoms with Crippen molar-refractivity contribution in [2.75, 3.05) is 19.8 Å². The Hall–Kier alpha value is -0.840. The van der Waals surface area contributed by atoms with Gasteiger partial charge in [-0.1, -0.05) is 122 Å². The monoisotopic (exact) mass is 694 g/mol. The normalized spacial score (nSPS) is 12.3. The molecule has 14 heteroatoms. The van der Waals surface area contributed by atoms with Crippen molar-refractivity contribution in [2.45, 2.75) is 148 Å². The highest BCUT2D eigenvalue weighted by Crippen LogP contribution is 2.45. The number of amides is 1. The summed E-state index contributed by atoms with van der Waals surface area (Å²) in [6, 6.07) is -1.44. The van der Waals surface area contributed by atoms with Crippen LogP contribution in [0.2, 0.25) is 0 Å². The Kier molecular flexibility index (Phi) is 61.7. The van der Waals surface area contributed by atoms with E-state index in [2.05, 4.69) is 5.32 Å². The molecule has 0 aromatic carbocycles. The van der Waals surface area contributed by atoms with Crippen LogP contribution in [0.1, 0.15) is 136 Å². The Balaban J connectivity index is -0.0000000492. The summed E-state index contributed by atoms with van der Waals surface area (Å²) in [6.45, 7) is 16.6. The highest BCUT2D eigenvalue weighted by Gasteiger charge is 2.34. The number of carbonyl (C=O) groups excluding carboxylic acids is 1. The molecule has 0 aliphatic heterocycles. The van der Waals surface area contributed by atoms with Crippen molar-refractivity contribution >= 4 is 27.5 Å². The average molecular weight is 694 g/mol. The largest absolute Gasteiger partial charge is 0.480 e. The van der Waals surface area contributed by atoms with E-state index in [1.165, 1.54) is 6.92 Å². The molecule has 0 aromatic heterocycles. The molecule has 0 saturated carbocycles. The number of nitrogens with one attached hydrogen (secondary N) is 1. The molecule has 12 nitrogen and oxygen atoms in total. The first kappa shape index (κ1) is 74.2. The van der Waals surface area contributed by atoms with E-state index in [-0.39, 0.29) is 117 Å². The Bertz CT molecular complexity index is 703. The molecule has 4 N–H and O–H groups in total. The number of hydrogen-bond acceptors (Lipinski definition) is 8. The fourth-order valence-electron chi connectivity index (χ4n) is 2.05. The lowest BCUT2D eigenvalue weighted by Crippen LogP contribution is -2.48. The zero-order chi connectivity index (χ0) is 28.0. The van der Waals surface area contributed by atoms with Gasteiger partial charge in [0.2, 0.25) is 5.91 Å². The van der Waals surface area contributed by atoms with Gasteiger partial charge in [0.05, 0.1) is 25.9 Å². The van der Waals surface area contributed by atoms with E-state index in [1.54, 1.807) is 13.8 Å². The second kappa shape index (κ2) is 36.6. The van der Waals surface area contributed by atoms with Crippen LogP contribution in [-0.4, -0.2) is 58.7 Å². The minimum atomic E-state index is -4.38. The molecule has 0 fully saturated rings. The maximum atomic E-state index is 11.7. The van der Waals surface area contributed by atoms with E-state index < -0.39 is 39.7 Å². The van der Waals surface area contributed by atoms with Crippen molar-refractivity contribution in [1.29, 1.82) is 0 Å². The lowest BCUT2D eigenvalue weighted by molar-refractivity contribution is -0.144. The molecule has 0 saturated heterocycles. The molecule has 0 spiro atoms. The van der Waals surface area contributed by atoms with Gasteiger partial charge in [-0.3, -0.25) is 22.9 Å². The Morgan fingerprint density at radius 3 is 1.14 bits per heavy atom. The maximum absolute atomic E-state index is 11.7. The lowest BCUT2D eigenvalue weighted by atomic mass is 10.1. The van der Waals surface area contributed by atoms with Crippen molar-refractivity contribution in [3.63, 3.8) is 0 Å². The smallest absolute Gasteiger partial charge is 0.472 e. The summed E-state index contributed by atoms with van der Waals surface area (Å²) in [5.74, 6) is -1.29. The molecule has 3 atom stereocenters. The first-order valence-corrected chi connectivity index (χ1v) is 14.6. The molecule has 3 unspecified atom stereocenters. The zero-order valence-electron chi connectivity index (χ0n) is 22.3. The van der Waals surface area contributed by atoms with Crippen molar-refractivity contribution < 1.29 is 51.7 Å². The van der Waals surface area contributed by atoms with Crippen molar-refractivity contribution in [3.05, 3.63) is 0 Å². The van der Waals surface area contributed by atoms with E-state index in [9.17, 15) is 23.6 Å². The molecule has 0 bridgehead atoms. The van der Waals surface area contributed by atoms with Crippen LogP contribution in [0.4, 0.5) is 0 Å².